The first-order valence-corrected chi connectivity index (χ1v) is 5.83. The first kappa shape index (κ1) is 13.4. The van der Waals surface area contributed by atoms with Gasteiger partial charge in [0.05, 0.1) is 0 Å². The van der Waals surface area contributed by atoms with Crippen molar-refractivity contribution in [2.75, 3.05) is 35.8 Å². The third kappa shape index (κ3) is 4.39. The molecule has 0 aliphatic rings. The Morgan fingerprint density at radius 2 is 1.47 bits per heavy atom. The predicted molar refractivity (Wildman–Crippen MR) is 67.6 cm³/mol. The van der Waals surface area contributed by atoms with E-state index in [9.17, 15) is 5.21 Å². The minimum absolute atomic E-state index is 0.220. The van der Waals surface area contributed by atoms with Crippen LogP contribution in [0.5, 0.6) is 0 Å². The van der Waals surface area contributed by atoms with E-state index in [-0.39, 0.29) is 5.95 Å². The van der Waals surface area contributed by atoms with E-state index in [1.165, 1.54) is 7.05 Å². The van der Waals surface area contributed by atoms with Gasteiger partial charge in [-0.1, -0.05) is 13.8 Å². The molecule has 1 heterocycles. The van der Waals surface area contributed by atoms with Crippen molar-refractivity contribution in [3.8, 4) is 0 Å². The monoisotopic (exact) mass is 240 g/mol. The molecule has 0 atom stereocenters. The quantitative estimate of drug-likeness (QED) is 0.620. The molecule has 0 saturated carbocycles. The van der Waals surface area contributed by atoms with Crippen molar-refractivity contribution in [3.05, 3.63) is 0 Å². The van der Waals surface area contributed by atoms with E-state index in [1.807, 2.05) is 0 Å². The average molecular weight is 240 g/mol. The molecule has 0 aliphatic heterocycles. The summed E-state index contributed by atoms with van der Waals surface area (Å²) in [7, 11) is 1.47. The molecular formula is C10H20N6O. The van der Waals surface area contributed by atoms with Gasteiger partial charge in [-0.2, -0.15) is 15.0 Å². The molecule has 0 aliphatic carbocycles. The van der Waals surface area contributed by atoms with Crippen molar-refractivity contribution in [3.63, 3.8) is 0 Å². The molecule has 1 aromatic heterocycles. The van der Waals surface area contributed by atoms with Crippen molar-refractivity contribution in [1.82, 2.24) is 15.0 Å². The lowest BCUT2D eigenvalue weighted by molar-refractivity contribution is 0.272. The Kier molecular flexibility index (Phi) is 5.41. The summed E-state index contributed by atoms with van der Waals surface area (Å²) in [6, 6.07) is 0. The van der Waals surface area contributed by atoms with Crippen molar-refractivity contribution in [2.24, 2.45) is 0 Å². The molecule has 0 saturated heterocycles. The Labute approximate surface area is 101 Å². The van der Waals surface area contributed by atoms with Crippen molar-refractivity contribution < 1.29 is 5.21 Å². The maximum atomic E-state index is 9.35. The number of anilines is 3. The lowest BCUT2D eigenvalue weighted by atomic mass is 10.5. The van der Waals surface area contributed by atoms with Gasteiger partial charge in [0.25, 0.3) is 5.95 Å². The largest absolute Gasteiger partial charge is 0.354 e. The van der Waals surface area contributed by atoms with Crippen LogP contribution in [0, 0.1) is 0 Å². The van der Waals surface area contributed by atoms with Gasteiger partial charge in [0.15, 0.2) is 0 Å². The number of hydrogen-bond donors (Lipinski definition) is 3. The molecule has 7 heteroatoms. The highest BCUT2D eigenvalue weighted by Crippen LogP contribution is 2.11. The standard InChI is InChI=1S/C10H20N6O/c1-4-6-11-8-13-9(12-7-5-2)15-10(14-8)16(3)17/h17H,4-7H2,1-3H3,(H2,11,12,13,14,15). The topological polar surface area (TPSA) is 86.2 Å². The molecule has 0 aromatic carbocycles. The average Bonchev–Trinajstić information content (AvgIpc) is 2.33. The van der Waals surface area contributed by atoms with Gasteiger partial charge < -0.3 is 10.6 Å². The molecule has 17 heavy (non-hydrogen) atoms. The fraction of sp³-hybridized carbons (Fsp3) is 0.700. The molecule has 0 bridgehead atoms. The molecular weight excluding hydrogens is 220 g/mol. The van der Waals surface area contributed by atoms with E-state index in [1.54, 1.807) is 0 Å². The van der Waals surface area contributed by atoms with Crippen LogP contribution in [0.3, 0.4) is 0 Å². The number of hydroxylamine groups is 1. The van der Waals surface area contributed by atoms with Gasteiger partial charge >= 0.3 is 0 Å². The van der Waals surface area contributed by atoms with Gasteiger partial charge in [-0.25, -0.2) is 5.06 Å². The second-order valence-corrected chi connectivity index (χ2v) is 3.66. The minimum Gasteiger partial charge on any atom is -0.354 e. The van der Waals surface area contributed by atoms with Crippen LogP contribution in [0.15, 0.2) is 0 Å². The van der Waals surface area contributed by atoms with Gasteiger partial charge in [-0.3, -0.25) is 5.21 Å². The molecule has 0 unspecified atom stereocenters. The highest BCUT2D eigenvalue weighted by atomic mass is 16.5. The third-order valence-corrected chi connectivity index (χ3v) is 1.98. The Hall–Kier alpha value is -1.63. The lowest BCUT2D eigenvalue weighted by Crippen LogP contribution is -2.18. The minimum atomic E-state index is 0.220. The van der Waals surface area contributed by atoms with Crippen LogP contribution >= 0.6 is 0 Å². The Balaban J connectivity index is 2.84. The first-order chi connectivity index (χ1) is 8.17. The van der Waals surface area contributed by atoms with Gasteiger partial charge in [-0.15, -0.1) is 0 Å². The van der Waals surface area contributed by atoms with E-state index in [2.05, 4.69) is 39.4 Å². The summed E-state index contributed by atoms with van der Waals surface area (Å²) in [5, 5.41) is 16.4. The molecule has 0 amide bonds. The Morgan fingerprint density at radius 3 is 1.82 bits per heavy atom. The molecule has 3 N–H and O–H groups in total. The molecule has 96 valence electrons. The molecule has 1 aromatic rings. The van der Waals surface area contributed by atoms with Gasteiger partial charge in [0.2, 0.25) is 11.9 Å². The maximum absolute atomic E-state index is 9.35. The van der Waals surface area contributed by atoms with Crippen LogP contribution in [0.2, 0.25) is 0 Å². The highest BCUT2D eigenvalue weighted by molar-refractivity contribution is 5.41. The van der Waals surface area contributed by atoms with Gasteiger partial charge in [0, 0.05) is 20.1 Å². The molecule has 0 spiro atoms. The predicted octanol–water partition coefficient (Wildman–Crippen LogP) is 1.34. The van der Waals surface area contributed by atoms with E-state index >= 15 is 0 Å². The van der Waals surface area contributed by atoms with Crippen molar-refractivity contribution in [1.29, 1.82) is 0 Å². The zero-order valence-electron chi connectivity index (χ0n) is 10.6. The zero-order valence-corrected chi connectivity index (χ0v) is 10.6. The zero-order chi connectivity index (χ0) is 12.7. The van der Waals surface area contributed by atoms with E-state index in [0.717, 1.165) is 31.0 Å². The van der Waals surface area contributed by atoms with Crippen molar-refractivity contribution in [2.45, 2.75) is 26.7 Å². The third-order valence-electron chi connectivity index (χ3n) is 1.98. The maximum Gasteiger partial charge on any atom is 0.255 e. The SMILES string of the molecule is CCCNc1nc(NCCC)nc(N(C)O)n1. The number of nitrogens with zero attached hydrogens (tertiary/aromatic N) is 4. The summed E-state index contributed by atoms with van der Waals surface area (Å²) >= 11 is 0. The highest BCUT2D eigenvalue weighted by Gasteiger charge is 2.08. The summed E-state index contributed by atoms with van der Waals surface area (Å²) in [5.41, 5.74) is 0. The smallest absolute Gasteiger partial charge is 0.255 e. The lowest BCUT2D eigenvalue weighted by Gasteiger charge is -2.12. The van der Waals surface area contributed by atoms with E-state index in [0.29, 0.717) is 11.9 Å². The van der Waals surface area contributed by atoms with Crippen LogP contribution < -0.4 is 15.7 Å². The summed E-state index contributed by atoms with van der Waals surface area (Å²) in [4.78, 5) is 12.4. The molecule has 0 radical (unpaired) electrons. The number of aromatic nitrogens is 3. The van der Waals surface area contributed by atoms with E-state index < -0.39 is 0 Å². The van der Waals surface area contributed by atoms with E-state index in [4.69, 9.17) is 0 Å². The fourth-order valence-electron chi connectivity index (χ4n) is 1.14. The number of hydrogen-bond acceptors (Lipinski definition) is 7. The van der Waals surface area contributed by atoms with Crippen LogP contribution in [0.25, 0.3) is 0 Å². The number of rotatable bonds is 7. The number of nitrogens with one attached hydrogen (secondary N) is 2. The summed E-state index contributed by atoms with van der Waals surface area (Å²) < 4.78 is 0. The van der Waals surface area contributed by atoms with Gasteiger partial charge in [0.1, 0.15) is 0 Å². The molecule has 0 fully saturated rings. The first-order valence-electron chi connectivity index (χ1n) is 5.83. The van der Waals surface area contributed by atoms with Crippen LogP contribution in [-0.4, -0.2) is 40.3 Å². The normalized spacial score (nSPS) is 10.1. The Bertz CT molecular complexity index is 317. The second-order valence-electron chi connectivity index (χ2n) is 3.66. The fourth-order valence-corrected chi connectivity index (χ4v) is 1.14. The second kappa shape index (κ2) is 6.85. The van der Waals surface area contributed by atoms with Gasteiger partial charge in [-0.05, 0) is 12.8 Å². The Morgan fingerprint density at radius 1 is 1.00 bits per heavy atom. The van der Waals surface area contributed by atoms with Crippen molar-refractivity contribution >= 4 is 17.8 Å². The summed E-state index contributed by atoms with van der Waals surface area (Å²) in [6.07, 6.45) is 1.96. The van der Waals surface area contributed by atoms with Crippen LogP contribution in [0.1, 0.15) is 26.7 Å². The van der Waals surface area contributed by atoms with Crippen LogP contribution in [0.4, 0.5) is 17.8 Å². The summed E-state index contributed by atoms with van der Waals surface area (Å²) in [6.45, 7) is 5.69. The molecule has 1 rings (SSSR count). The summed E-state index contributed by atoms with van der Waals surface area (Å²) in [5.74, 6) is 1.16. The van der Waals surface area contributed by atoms with Crippen LogP contribution in [-0.2, 0) is 0 Å². The molecule has 7 nitrogen and oxygen atoms in total.